The molecule has 12 heavy (non-hydrogen) atoms. The molecule has 0 saturated carbocycles. The van der Waals surface area contributed by atoms with Gasteiger partial charge in [0.1, 0.15) is 0 Å². The van der Waals surface area contributed by atoms with Crippen LogP contribution in [0.25, 0.3) is 12.2 Å². The third-order valence-corrected chi connectivity index (χ3v) is 2.01. The zero-order valence-corrected chi connectivity index (χ0v) is 6.23. The van der Waals surface area contributed by atoms with Crippen LogP contribution in [-0.4, -0.2) is 4.98 Å². The number of aromatic nitrogens is 1. The molecular weight excluding hydrogens is 150 g/mol. The van der Waals surface area contributed by atoms with E-state index in [1.54, 1.807) is 18.6 Å². The SMILES string of the molecule is C1=Cc2c3c(ncc2=N1)=NC=C3. The molecule has 0 radical (unpaired) electrons. The fourth-order valence-electron chi connectivity index (χ4n) is 1.44. The molecule has 0 N–H and O–H groups in total. The van der Waals surface area contributed by atoms with Gasteiger partial charge in [0.15, 0.2) is 5.49 Å². The number of fused-ring (bicyclic) bond motifs is 3. The zero-order chi connectivity index (χ0) is 7.97. The highest BCUT2D eigenvalue weighted by molar-refractivity contribution is 5.66. The minimum Gasteiger partial charge on any atom is -0.255 e. The van der Waals surface area contributed by atoms with Crippen molar-refractivity contribution in [2.45, 2.75) is 0 Å². The fourth-order valence-corrected chi connectivity index (χ4v) is 1.44. The molecule has 0 amide bonds. The minimum atomic E-state index is 0.801. The standard InChI is InChI=1S/C9H5N3/c1-3-10-8-5-12-9-7(6(1)8)2-4-11-9/h1-5H. The van der Waals surface area contributed by atoms with Crippen molar-refractivity contribution >= 4 is 12.2 Å². The van der Waals surface area contributed by atoms with E-state index in [0.29, 0.717) is 0 Å². The van der Waals surface area contributed by atoms with Gasteiger partial charge in [0.25, 0.3) is 0 Å². The summed E-state index contributed by atoms with van der Waals surface area (Å²) in [6.07, 6.45) is 9.26. The Morgan fingerprint density at radius 2 is 1.75 bits per heavy atom. The smallest absolute Gasteiger partial charge is 0.159 e. The maximum atomic E-state index is 4.17. The summed E-state index contributed by atoms with van der Waals surface area (Å²) >= 11 is 0. The molecule has 56 valence electrons. The maximum Gasteiger partial charge on any atom is 0.159 e. The molecule has 3 nitrogen and oxygen atoms in total. The lowest BCUT2D eigenvalue weighted by atomic mass is 10.1. The maximum absolute atomic E-state index is 4.17. The summed E-state index contributed by atoms with van der Waals surface area (Å²) < 4.78 is 0. The second kappa shape index (κ2) is 1.88. The van der Waals surface area contributed by atoms with E-state index in [4.69, 9.17) is 0 Å². The van der Waals surface area contributed by atoms with Crippen molar-refractivity contribution in [2.75, 3.05) is 0 Å². The zero-order valence-electron chi connectivity index (χ0n) is 6.23. The van der Waals surface area contributed by atoms with Gasteiger partial charge in [0, 0.05) is 23.5 Å². The van der Waals surface area contributed by atoms with E-state index in [9.17, 15) is 0 Å². The van der Waals surface area contributed by atoms with Crippen molar-refractivity contribution in [3.8, 4) is 0 Å². The lowest BCUT2D eigenvalue weighted by molar-refractivity contribution is 1.12. The average molecular weight is 155 g/mol. The Morgan fingerprint density at radius 1 is 0.917 bits per heavy atom. The molecule has 0 atom stereocenters. The van der Waals surface area contributed by atoms with Crippen LogP contribution < -0.4 is 10.8 Å². The van der Waals surface area contributed by atoms with Crippen molar-refractivity contribution in [1.82, 2.24) is 4.98 Å². The molecule has 3 heterocycles. The van der Waals surface area contributed by atoms with Crippen molar-refractivity contribution in [3.63, 3.8) is 0 Å². The lowest BCUT2D eigenvalue weighted by Gasteiger charge is -1.93. The molecule has 0 unspecified atom stereocenters. The van der Waals surface area contributed by atoms with Crippen LogP contribution >= 0.6 is 0 Å². The molecule has 1 aromatic heterocycles. The minimum absolute atomic E-state index is 0.801. The second-order valence-corrected chi connectivity index (χ2v) is 2.68. The Balaban J connectivity index is 2.57. The van der Waals surface area contributed by atoms with Gasteiger partial charge in [-0.25, -0.2) is 9.98 Å². The first-order chi connectivity index (χ1) is 5.95. The first-order valence-corrected chi connectivity index (χ1v) is 3.73. The van der Waals surface area contributed by atoms with Crippen LogP contribution in [0.15, 0.2) is 28.6 Å². The normalized spacial score (nSPS) is 15.3. The second-order valence-electron chi connectivity index (χ2n) is 2.68. The Labute approximate surface area is 68.5 Å². The Kier molecular flexibility index (Phi) is 0.913. The van der Waals surface area contributed by atoms with Crippen LogP contribution in [0.4, 0.5) is 0 Å². The third-order valence-electron chi connectivity index (χ3n) is 2.01. The number of hydrogen-bond acceptors (Lipinski definition) is 3. The van der Waals surface area contributed by atoms with E-state index in [1.165, 1.54) is 0 Å². The highest BCUT2D eigenvalue weighted by Crippen LogP contribution is 2.09. The molecule has 3 rings (SSSR count). The molecule has 0 spiro atoms. The van der Waals surface area contributed by atoms with Crippen molar-refractivity contribution in [1.29, 1.82) is 0 Å². The fraction of sp³-hybridized carbons (Fsp3) is 0. The predicted octanol–water partition coefficient (Wildman–Crippen LogP) is 0.289. The average Bonchev–Trinajstić information content (AvgIpc) is 2.71. The third kappa shape index (κ3) is 0.580. The molecular formula is C9H5N3. The van der Waals surface area contributed by atoms with Gasteiger partial charge in [0.05, 0.1) is 11.6 Å². The summed E-state index contributed by atoms with van der Waals surface area (Å²) in [5.74, 6) is 0. The Hall–Kier alpha value is -1.77. The van der Waals surface area contributed by atoms with Crippen molar-refractivity contribution in [2.24, 2.45) is 9.98 Å². The van der Waals surface area contributed by atoms with Gasteiger partial charge < -0.3 is 0 Å². The topological polar surface area (TPSA) is 37.6 Å². The van der Waals surface area contributed by atoms with Crippen LogP contribution in [-0.2, 0) is 0 Å². The first-order valence-electron chi connectivity index (χ1n) is 3.73. The molecule has 2 aliphatic heterocycles. The van der Waals surface area contributed by atoms with Crippen LogP contribution in [0.1, 0.15) is 11.1 Å². The molecule has 0 aliphatic carbocycles. The number of pyridine rings is 1. The van der Waals surface area contributed by atoms with Crippen molar-refractivity contribution < 1.29 is 0 Å². The summed E-state index contributed by atoms with van der Waals surface area (Å²) in [7, 11) is 0. The van der Waals surface area contributed by atoms with Gasteiger partial charge in [-0.3, -0.25) is 4.99 Å². The molecule has 3 heteroatoms. The van der Waals surface area contributed by atoms with Gasteiger partial charge in [-0.15, -0.1) is 0 Å². The summed E-state index contributed by atoms with van der Waals surface area (Å²) in [4.78, 5) is 12.4. The molecule has 1 aromatic rings. The number of hydrogen-bond donors (Lipinski definition) is 0. The summed E-state index contributed by atoms with van der Waals surface area (Å²) in [5, 5.41) is 0.940. The number of nitrogens with zero attached hydrogens (tertiary/aromatic N) is 3. The van der Waals surface area contributed by atoms with Crippen LogP contribution in [0.2, 0.25) is 0 Å². The van der Waals surface area contributed by atoms with E-state index in [2.05, 4.69) is 15.0 Å². The summed E-state index contributed by atoms with van der Waals surface area (Å²) in [6, 6.07) is 0. The van der Waals surface area contributed by atoms with Gasteiger partial charge in [-0.05, 0) is 12.2 Å². The van der Waals surface area contributed by atoms with E-state index in [1.807, 2.05) is 12.2 Å². The first kappa shape index (κ1) is 5.83. The van der Waals surface area contributed by atoms with Crippen LogP contribution in [0.3, 0.4) is 0 Å². The van der Waals surface area contributed by atoms with Gasteiger partial charge in [-0.1, -0.05) is 0 Å². The Morgan fingerprint density at radius 3 is 2.75 bits per heavy atom. The van der Waals surface area contributed by atoms with Gasteiger partial charge >= 0.3 is 0 Å². The molecule has 0 bridgehead atoms. The number of rotatable bonds is 0. The largest absolute Gasteiger partial charge is 0.255 e. The van der Waals surface area contributed by atoms with Crippen molar-refractivity contribution in [3.05, 3.63) is 40.6 Å². The molecule has 0 fully saturated rings. The quantitative estimate of drug-likeness (QED) is 0.530. The molecule has 0 saturated heterocycles. The highest BCUT2D eigenvalue weighted by atomic mass is 14.9. The van der Waals surface area contributed by atoms with E-state index >= 15 is 0 Å². The van der Waals surface area contributed by atoms with Crippen LogP contribution in [0, 0.1) is 0 Å². The lowest BCUT2D eigenvalue weighted by Crippen LogP contribution is -2.18. The molecule has 2 aliphatic rings. The van der Waals surface area contributed by atoms with E-state index in [0.717, 1.165) is 22.0 Å². The van der Waals surface area contributed by atoms with Gasteiger partial charge in [-0.2, -0.15) is 0 Å². The monoisotopic (exact) mass is 155 g/mol. The Bertz CT molecular complexity index is 474. The van der Waals surface area contributed by atoms with Gasteiger partial charge in [0.2, 0.25) is 0 Å². The highest BCUT2D eigenvalue weighted by Gasteiger charge is 2.08. The summed E-state index contributed by atoms with van der Waals surface area (Å²) in [6.45, 7) is 0. The van der Waals surface area contributed by atoms with E-state index in [-0.39, 0.29) is 0 Å². The van der Waals surface area contributed by atoms with E-state index < -0.39 is 0 Å². The predicted molar refractivity (Wildman–Crippen MR) is 44.6 cm³/mol. The molecule has 0 aromatic carbocycles. The van der Waals surface area contributed by atoms with Crippen LogP contribution in [0.5, 0.6) is 0 Å². The summed E-state index contributed by atoms with van der Waals surface area (Å²) in [5.41, 5.74) is 3.03.